The summed E-state index contributed by atoms with van der Waals surface area (Å²) in [6, 6.07) is 0. The third-order valence-electron chi connectivity index (χ3n) is 4.89. The largest absolute Gasteiger partial charge is 0.0654 e. The van der Waals surface area contributed by atoms with Crippen LogP contribution in [0.2, 0.25) is 0 Å². The molecule has 0 aromatic rings. The van der Waals surface area contributed by atoms with Crippen molar-refractivity contribution in [3.63, 3.8) is 0 Å². The Kier molecular flexibility index (Phi) is 2.42. The van der Waals surface area contributed by atoms with Crippen LogP contribution in [0.5, 0.6) is 0 Å². The molecule has 2 rings (SSSR count). The van der Waals surface area contributed by atoms with E-state index in [-0.39, 0.29) is 0 Å². The maximum atomic E-state index is 2.53. The molecule has 0 N–H and O–H groups in total. The minimum absolute atomic E-state index is 0.638. The first-order valence-electron chi connectivity index (χ1n) is 6.03. The maximum absolute atomic E-state index is 2.53. The van der Waals surface area contributed by atoms with Gasteiger partial charge in [-0.15, -0.1) is 0 Å². The van der Waals surface area contributed by atoms with Crippen LogP contribution in [-0.2, 0) is 0 Å². The summed E-state index contributed by atoms with van der Waals surface area (Å²) in [4.78, 5) is 0. The summed E-state index contributed by atoms with van der Waals surface area (Å²) in [5, 5.41) is 0. The van der Waals surface area contributed by atoms with Crippen LogP contribution in [0, 0.1) is 23.2 Å². The van der Waals surface area contributed by atoms with Crippen molar-refractivity contribution >= 4 is 0 Å². The molecule has 0 aromatic heterocycles. The van der Waals surface area contributed by atoms with Gasteiger partial charge in [-0.25, -0.2) is 0 Å². The first-order valence-corrected chi connectivity index (χ1v) is 6.03. The highest BCUT2D eigenvalue weighted by atomic mass is 14.6. The third-order valence-corrected chi connectivity index (χ3v) is 4.89. The molecule has 2 bridgehead atoms. The fourth-order valence-corrected chi connectivity index (χ4v) is 3.62. The molecule has 2 saturated carbocycles. The Labute approximate surface area is 83.1 Å². The smallest absolute Gasteiger partial charge is 0.0176 e. The summed E-state index contributed by atoms with van der Waals surface area (Å²) in [7, 11) is 0. The zero-order valence-electron chi connectivity index (χ0n) is 9.40. The molecule has 13 heavy (non-hydrogen) atoms. The number of hydrogen-bond donors (Lipinski definition) is 0. The van der Waals surface area contributed by atoms with Crippen molar-refractivity contribution in [3.8, 4) is 0 Å². The molecule has 0 saturated heterocycles. The van der Waals surface area contributed by atoms with Gasteiger partial charge in [0.05, 0.1) is 0 Å². The van der Waals surface area contributed by atoms with Gasteiger partial charge < -0.3 is 0 Å². The predicted molar refractivity (Wildman–Crippen MR) is 57.4 cm³/mol. The average molecular weight is 179 g/mol. The number of hydrogen-bond acceptors (Lipinski definition) is 0. The third kappa shape index (κ3) is 1.33. The number of unbranched alkanes of at least 4 members (excludes halogenated alkanes) is 1. The van der Waals surface area contributed by atoms with Crippen LogP contribution in [-0.4, -0.2) is 0 Å². The van der Waals surface area contributed by atoms with Crippen LogP contribution in [0.15, 0.2) is 0 Å². The Hall–Kier alpha value is 0. The number of rotatable bonds is 3. The van der Waals surface area contributed by atoms with Crippen LogP contribution in [0.1, 0.15) is 59.3 Å². The zero-order chi connectivity index (χ0) is 9.47. The van der Waals surface area contributed by atoms with Gasteiger partial charge in [-0.1, -0.05) is 33.6 Å². The number of fused-ring (bicyclic) bond motifs is 2. The minimum atomic E-state index is 0.638. The van der Waals surface area contributed by atoms with Crippen LogP contribution in [0.25, 0.3) is 0 Å². The Balaban J connectivity index is 2.04. The molecule has 0 aliphatic heterocycles. The molecule has 0 heteroatoms. The van der Waals surface area contributed by atoms with E-state index >= 15 is 0 Å². The second-order valence-corrected chi connectivity index (χ2v) is 5.42. The van der Waals surface area contributed by atoms with Crippen molar-refractivity contribution in [2.75, 3.05) is 0 Å². The van der Waals surface area contributed by atoms with E-state index in [1.165, 1.54) is 38.5 Å². The van der Waals surface area contributed by atoms with E-state index in [1.807, 2.05) is 5.92 Å². The summed E-state index contributed by atoms with van der Waals surface area (Å²) in [6.07, 6.45) is 8.67. The molecular formula is C13H23. The first kappa shape index (κ1) is 9.55. The van der Waals surface area contributed by atoms with Crippen molar-refractivity contribution < 1.29 is 0 Å². The highest BCUT2D eigenvalue weighted by Gasteiger charge is 2.52. The minimum Gasteiger partial charge on any atom is -0.0654 e. The van der Waals surface area contributed by atoms with Crippen molar-refractivity contribution in [2.45, 2.75) is 59.3 Å². The van der Waals surface area contributed by atoms with Gasteiger partial charge in [0.15, 0.2) is 0 Å². The van der Waals surface area contributed by atoms with Gasteiger partial charge in [0.2, 0.25) is 0 Å². The van der Waals surface area contributed by atoms with E-state index < -0.39 is 0 Å². The molecule has 1 radical (unpaired) electrons. The Bertz CT molecular complexity index is 180. The van der Waals surface area contributed by atoms with Gasteiger partial charge >= 0.3 is 0 Å². The SMILES string of the molecule is CCCCC1(C)[C]2CCC(C2)C1C. The lowest BCUT2D eigenvalue weighted by Crippen LogP contribution is -2.30. The lowest BCUT2D eigenvalue weighted by atomic mass is 9.65. The van der Waals surface area contributed by atoms with Gasteiger partial charge in [-0.05, 0) is 48.9 Å². The molecule has 0 nitrogen and oxygen atoms in total. The van der Waals surface area contributed by atoms with Gasteiger partial charge in [0, 0.05) is 0 Å². The highest BCUT2D eigenvalue weighted by molar-refractivity contribution is 5.19. The standard InChI is InChI=1S/C13H23/c1-4-5-8-13(3)10(2)11-6-7-12(13)9-11/h10-11H,4-9H2,1-3H3. The quantitative estimate of drug-likeness (QED) is 0.609. The predicted octanol–water partition coefficient (Wildman–Crippen LogP) is 4.21. The molecular weight excluding hydrogens is 156 g/mol. The summed E-state index contributed by atoms with van der Waals surface area (Å²) in [6.45, 7) is 7.33. The lowest BCUT2D eigenvalue weighted by molar-refractivity contribution is 0.167. The van der Waals surface area contributed by atoms with Crippen molar-refractivity contribution in [2.24, 2.45) is 17.3 Å². The van der Waals surface area contributed by atoms with Crippen molar-refractivity contribution in [1.82, 2.24) is 0 Å². The Morgan fingerprint density at radius 3 is 2.77 bits per heavy atom. The van der Waals surface area contributed by atoms with Gasteiger partial charge in [0.1, 0.15) is 0 Å². The first-order chi connectivity index (χ1) is 6.18. The molecule has 3 atom stereocenters. The normalized spacial score (nSPS) is 44.5. The van der Waals surface area contributed by atoms with Crippen LogP contribution < -0.4 is 0 Å². The van der Waals surface area contributed by atoms with Crippen LogP contribution >= 0.6 is 0 Å². The second kappa shape index (κ2) is 3.29. The summed E-state index contributed by atoms with van der Waals surface area (Å²) < 4.78 is 0. The lowest BCUT2D eigenvalue weighted by Gasteiger charge is -2.39. The average Bonchev–Trinajstić information content (AvgIpc) is 2.68. The zero-order valence-corrected chi connectivity index (χ0v) is 9.40. The molecule has 0 heterocycles. The maximum Gasteiger partial charge on any atom is -0.0176 e. The summed E-state index contributed by atoms with van der Waals surface area (Å²) in [5.41, 5.74) is 0.638. The second-order valence-electron chi connectivity index (χ2n) is 5.42. The van der Waals surface area contributed by atoms with E-state index in [1.54, 1.807) is 0 Å². The Morgan fingerprint density at radius 1 is 1.46 bits per heavy atom. The fraction of sp³-hybridized carbons (Fsp3) is 0.923. The molecule has 2 aliphatic rings. The van der Waals surface area contributed by atoms with Gasteiger partial charge in [-0.2, -0.15) is 0 Å². The molecule has 0 amide bonds. The molecule has 0 aromatic carbocycles. The fourth-order valence-electron chi connectivity index (χ4n) is 3.62. The van der Waals surface area contributed by atoms with Gasteiger partial charge in [-0.3, -0.25) is 0 Å². The molecule has 2 fully saturated rings. The van der Waals surface area contributed by atoms with Crippen LogP contribution in [0.4, 0.5) is 0 Å². The van der Waals surface area contributed by atoms with E-state index in [9.17, 15) is 0 Å². The molecule has 75 valence electrons. The van der Waals surface area contributed by atoms with E-state index in [0.717, 1.165) is 11.8 Å². The summed E-state index contributed by atoms with van der Waals surface area (Å²) in [5.74, 6) is 3.94. The topological polar surface area (TPSA) is 0 Å². The Morgan fingerprint density at radius 2 is 2.23 bits per heavy atom. The van der Waals surface area contributed by atoms with Crippen molar-refractivity contribution in [1.29, 1.82) is 0 Å². The molecule has 2 aliphatic carbocycles. The van der Waals surface area contributed by atoms with Crippen LogP contribution in [0.3, 0.4) is 0 Å². The molecule has 3 unspecified atom stereocenters. The molecule has 0 spiro atoms. The monoisotopic (exact) mass is 179 g/mol. The van der Waals surface area contributed by atoms with E-state index in [0.29, 0.717) is 5.41 Å². The summed E-state index contributed by atoms with van der Waals surface area (Å²) >= 11 is 0. The van der Waals surface area contributed by atoms with E-state index in [4.69, 9.17) is 0 Å². The highest BCUT2D eigenvalue weighted by Crippen LogP contribution is 2.62. The van der Waals surface area contributed by atoms with E-state index in [2.05, 4.69) is 20.8 Å². The van der Waals surface area contributed by atoms with Crippen molar-refractivity contribution in [3.05, 3.63) is 5.92 Å². The van der Waals surface area contributed by atoms with Gasteiger partial charge in [0.25, 0.3) is 0 Å².